The fourth-order valence-electron chi connectivity index (χ4n) is 3.74. The Balaban J connectivity index is 1.77. The van der Waals surface area contributed by atoms with Crippen LogP contribution in [0, 0.1) is 18.3 Å². The average molecular weight is 376 g/mol. The van der Waals surface area contributed by atoms with Gasteiger partial charge in [-0.1, -0.05) is 6.07 Å². The summed E-state index contributed by atoms with van der Waals surface area (Å²) >= 11 is 0. The Morgan fingerprint density at radius 1 is 1.32 bits per heavy atom. The molecular weight excluding hydrogens is 352 g/mol. The van der Waals surface area contributed by atoms with Gasteiger partial charge >= 0.3 is 0 Å². The van der Waals surface area contributed by atoms with E-state index in [1.807, 2.05) is 36.1 Å². The number of nitriles is 1. The second-order valence-electron chi connectivity index (χ2n) is 7.07. The van der Waals surface area contributed by atoms with Crippen molar-refractivity contribution in [3.05, 3.63) is 47.4 Å². The van der Waals surface area contributed by atoms with Crippen LogP contribution >= 0.6 is 0 Å². The van der Waals surface area contributed by atoms with E-state index in [0.717, 1.165) is 59.0 Å². The van der Waals surface area contributed by atoms with Crippen LogP contribution in [0.1, 0.15) is 49.2 Å². The van der Waals surface area contributed by atoms with Gasteiger partial charge in [0, 0.05) is 36.6 Å². The normalized spacial score (nSPS) is 17.0. The third-order valence-electron chi connectivity index (χ3n) is 5.33. The average Bonchev–Trinajstić information content (AvgIpc) is 3.11. The van der Waals surface area contributed by atoms with E-state index in [9.17, 15) is 5.26 Å². The summed E-state index contributed by atoms with van der Waals surface area (Å²) in [4.78, 5) is 4.39. The van der Waals surface area contributed by atoms with Crippen molar-refractivity contribution in [2.24, 2.45) is 0 Å². The van der Waals surface area contributed by atoms with E-state index >= 15 is 0 Å². The monoisotopic (exact) mass is 376 g/mol. The number of ether oxygens (including phenoxy) is 2. The molecule has 4 rings (SSSR count). The molecule has 1 aliphatic rings. The molecule has 1 saturated heterocycles. The number of pyridine rings is 1. The van der Waals surface area contributed by atoms with Gasteiger partial charge in [-0.15, -0.1) is 0 Å². The van der Waals surface area contributed by atoms with Crippen LogP contribution in [0.3, 0.4) is 0 Å². The Labute approximate surface area is 164 Å². The van der Waals surface area contributed by atoms with Crippen LogP contribution in [0.2, 0.25) is 0 Å². The molecule has 1 aliphatic heterocycles. The largest absolute Gasteiger partial charge is 0.377 e. The van der Waals surface area contributed by atoms with Crippen LogP contribution in [-0.2, 0) is 16.1 Å². The van der Waals surface area contributed by atoms with Gasteiger partial charge in [-0.25, -0.2) is 4.68 Å². The SMILES string of the molecule is CCOCc1cncc(-c2ccc3c(c2)c(C#N)nn3C2CCCCO2)c1C. The van der Waals surface area contributed by atoms with Crippen LogP contribution in [0.25, 0.3) is 22.0 Å². The van der Waals surface area contributed by atoms with Gasteiger partial charge < -0.3 is 9.47 Å². The summed E-state index contributed by atoms with van der Waals surface area (Å²) in [5.74, 6) is 0. The molecule has 6 nitrogen and oxygen atoms in total. The minimum atomic E-state index is -0.0953. The van der Waals surface area contributed by atoms with Crippen molar-refractivity contribution in [2.75, 3.05) is 13.2 Å². The topological polar surface area (TPSA) is 73.0 Å². The molecule has 144 valence electrons. The first kappa shape index (κ1) is 18.6. The first-order chi connectivity index (χ1) is 13.7. The minimum absolute atomic E-state index is 0.0953. The molecule has 0 bridgehead atoms. The van der Waals surface area contributed by atoms with Crippen LogP contribution in [0.5, 0.6) is 0 Å². The first-order valence-corrected chi connectivity index (χ1v) is 9.78. The number of nitrogens with zero attached hydrogens (tertiary/aromatic N) is 4. The summed E-state index contributed by atoms with van der Waals surface area (Å²) in [6, 6.07) is 8.38. The lowest BCUT2D eigenvalue weighted by atomic mass is 9.98. The molecule has 2 aromatic heterocycles. The number of hydrogen-bond donors (Lipinski definition) is 0. The number of benzene rings is 1. The molecule has 28 heavy (non-hydrogen) atoms. The molecule has 1 atom stereocenters. The second kappa shape index (κ2) is 8.09. The lowest BCUT2D eigenvalue weighted by molar-refractivity contribution is -0.0367. The molecule has 1 aromatic carbocycles. The lowest BCUT2D eigenvalue weighted by Crippen LogP contribution is -2.19. The Hall–Kier alpha value is -2.75. The van der Waals surface area contributed by atoms with Crippen LogP contribution < -0.4 is 0 Å². The maximum Gasteiger partial charge on any atom is 0.170 e. The lowest BCUT2D eigenvalue weighted by Gasteiger charge is -2.23. The highest BCUT2D eigenvalue weighted by atomic mass is 16.5. The zero-order valence-electron chi connectivity index (χ0n) is 16.3. The van der Waals surface area contributed by atoms with Crippen molar-refractivity contribution < 1.29 is 9.47 Å². The van der Waals surface area contributed by atoms with Crippen LogP contribution in [0.15, 0.2) is 30.6 Å². The summed E-state index contributed by atoms with van der Waals surface area (Å²) in [5, 5.41) is 15.0. The van der Waals surface area contributed by atoms with Crippen molar-refractivity contribution in [3.8, 4) is 17.2 Å². The van der Waals surface area contributed by atoms with E-state index in [4.69, 9.17) is 9.47 Å². The Bertz CT molecular complexity index is 1030. The zero-order chi connectivity index (χ0) is 19.5. The molecule has 1 unspecified atom stereocenters. The molecule has 3 aromatic rings. The molecule has 0 amide bonds. The van der Waals surface area contributed by atoms with Crippen molar-refractivity contribution in [2.45, 2.75) is 45.9 Å². The first-order valence-electron chi connectivity index (χ1n) is 9.78. The molecular formula is C22H24N4O2. The highest BCUT2D eigenvalue weighted by molar-refractivity contribution is 5.89. The third-order valence-corrected chi connectivity index (χ3v) is 5.33. The van der Waals surface area contributed by atoms with Crippen molar-refractivity contribution in [3.63, 3.8) is 0 Å². The number of fused-ring (bicyclic) bond motifs is 1. The minimum Gasteiger partial charge on any atom is -0.377 e. The second-order valence-corrected chi connectivity index (χ2v) is 7.07. The molecule has 3 heterocycles. The van der Waals surface area contributed by atoms with Crippen LogP contribution in [0.4, 0.5) is 0 Å². The van der Waals surface area contributed by atoms with E-state index in [2.05, 4.69) is 29.1 Å². The van der Waals surface area contributed by atoms with E-state index in [1.54, 1.807) is 0 Å². The fourth-order valence-corrected chi connectivity index (χ4v) is 3.74. The van der Waals surface area contributed by atoms with Crippen molar-refractivity contribution in [1.29, 1.82) is 5.26 Å². The van der Waals surface area contributed by atoms with Crippen molar-refractivity contribution in [1.82, 2.24) is 14.8 Å². The fraction of sp³-hybridized carbons (Fsp3) is 0.409. The van der Waals surface area contributed by atoms with Gasteiger partial charge in [0.2, 0.25) is 0 Å². The predicted molar refractivity (Wildman–Crippen MR) is 107 cm³/mol. The van der Waals surface area contributed by atoms with Gasteiger partial charge in [0.05, 0.1) is 12.1 Å². The third kappa shape index (κ3) is 3.39. The van der Waals surface area contributed by atoms with E-state index in [-0.39, 0.29) is 6.23 Å². The molecule has 0 aliphatic carbocycles. The quantitative estimate of drug-likeness (QED) is 0.655. The van der Waals surface area contributed by atoms with Gasteiger partial charge in [0.1, 0.15) is 6.07 Å². The molecule has 0 N–H and O–H groups in total. The summed E-state index contributed by atoms with van der Waals surface area (Å²) in [5.41, 5.74) is 5.65. The smallest absolute Gasteiger partial charge is 0.170 e. The highest BCUT2D eigenvalue weighted by Crippen LogP contribution is 2.32. The Morgan fingerprint density at radius 2 is 2.21 bits per heavy atom. The van der Waals surface area contributed by atoms with Gasteiger partial charge in [0.15, 0.2) is 11.9 Å². The van der Waals surface area contributed by atoms with E-state index < -0.39 is 0 Å². The van der Waals surface area contributed by atoms with Gasteiger partial charge in [-0.2, -0.15) is 10.4 Å². The zero-order valence-corrected chi connectivity index (χ0v) is 16.3. The maximum absolute atomic E-state index is 9.61. The Morgan fingerprint density at radius 3 is 2.96 bits per heavy atom. The molecule has 1 fully saturated rings. The van der Waals surface area contributed by atoms with E-state index in [1.165, 1.54) is 0 Å². The molecule has 0 saturated carbocycles. The van der Waals surface area contributed by atoms with Crippen molar-refractivity contribution >= 4 is 10.9 Å². The Kier molecular flexibility index (Phi) is 5.38. The summed E-state index contributed by atoms with van der Waals surface area (Å²) in [7, 11) is 0. The number of aromatic nitrogens is 3. The van der Waals surface area contributed by atoms with Gasteiger partial charge in [-0.05, 0) is 61.9 Å². The molecule has 0 radical (unpaired) electrons. The predicted octanol–water partition coefficient (Wildman–Crippen LogP) is 4.51. The molecule has 0 spiro atoms. The molecule has 6 heteroatoms. The maximum atomic E-state index is 9.61. The summed E-state index contributed by atoms with van der Waals surface area (Å²) in [6.07, 6.45) is 6.74. The summed E-state index contributed by atoms with van der Waals surface area (Å²) < 4.78 is 13.3. The van der Waals surface area contributed by atoms with Gasteiger partial charge in [-0.3, -0.25) is 4.98 Å². The summed E-state index contributed by atoms with van der Waals surface area (Å²) in [6.45, 7) is 6.02. The standard InChI is InChI=1S/C22H24N4O2/c1-3-27-14-17-12-24-13-19(15(17)2)16-7-8-21-18(10-16)20(11-23)25-26(21)22-6-4-5-9-28-22/h7-8,10,12-13,22H,3-6,9,14H2,1-2H3. The number of rotatable bonds is 5. The number of hydrogen-bond acceptors (Lipinski definition) is 5. The van der Waals surface area contributed by atoms with E-state index in [0.29, 0.717) is 18.9 Å². The highest BCUT2D eigenvalue weighted by Gasteiger charge is 2.21. The van der Waals surface area contributed by atoms with Crippen LogP contribution in [-0.4, -0.2) is 28.0 Å². The van der Waals surface area contributed by atoms with Gasteiger partial charge in [0.25, 0.3) is 0 Å².